The van der Waals surface area contributed by atoms with E-state index in [0.29, 0.717) is 12.0 Å². The molecule has 16 heavy (non-hydrogen) atoms. The summed E-state index contributed by atoms with van der Waals surface area (Å²) in [6, 6.07) is 6.68. The van der Waals surface area contributed by atoms with E-state index in [4.69, 9.17) is 5.11 Å². The minimum Gasteiger partial charge on any atom is -0.391 e. The standard InChI is InChI=1S/C12H12FNOS/c1-8-11(7-15)16-12(14-8)6-9-4-2-3-5-10(9)13/h2-5,15H,6-7H2,1H3. The number of aryl methyl sites for hydroxylation is 1. The summed E-state index contributed by atoms with van der Waals surface area (Å²) >= 11 is 1.44. The van der Waals surface area contributed by atoms with Gasteiger partial charge in [-0.15, -0.1) is 11.3 Å². The van der Waals surface area contributed by atoms with E-state index in [0.717, 1.165) is 15.6 Å². The second-order valence-electron chi connectivity index (χ2n) is 3.54. The molecular formula is C12H12FNOS. The number of benzene rings is 1. The maximum atomic E-state index is 13.4. The molecule has 1 heterocycles. The number of aromatic nitrogens is 1. The lowest BCUT2D eigenvalue weighted by Gasteiger charge is -1.98. The molecule has 0 fully saturated rings. The Balaban J connectivity index is 2.24. The van der Waals surface area contributed by atoms with Crippen LogP contribution < -0.4 is 0 Å². The number of hydrogen-bond acceptors (Lipinski definition) is 3. The van der Waals surface area contributed by atoms with E-state index in [-0.39, 0.29) is 12.4 Å². The number of aliphatic hydroxyl groups is 1. The zero-order valence-corrected chi connectivity index (χ0v) is 9.72. The molecule has 0 spiro atoms. The fourth-order valence-electron chi connectivity index (χ4n) is 1.52. The molecule has 2 aromatic rings. The molecule has 1 aromatic heterocycles. The van der Waals surface area contributed by atoms with Crippen molar-refractivity contribution in [3.05, 3.63) is 51.2 Å². The predicted molar refractivity (Wildman–Crippen MR) is 62.0 cm³/mol. The topological polar surface area (TPSA) is 33.1 Å². The van der Waals surface area contributed by atoms with Crippen LogP contribution in [0.15, 0.2) is 24.3 Å². The molecule has 1 aromatic carbocycles. The monoisotopic (exact) mass is 237 g/mol. The highest BCUT2D eigenvalue weighted by molar-refractivity contribution is 7.11. The van der Waals surface area contributed by atoms with Gasteiger partial charge in [0.15, 0.2) is 0 Å². The molecule has 0 amide bonds. The number of nitrogens with zero attached hydrogens (tertiary/aromatic N) is 1. The summed E-state index contributed by atoms with van der Waals surface area (Å²) in [6.45, 7) is 1.85. The van der Waals surface area contributed by atoms with E-state index in [1.165, 1.54) is 17.4 Å². The SMILES string of the molecule is Cc1nc(Cc2ccccc2F)sc1CO. The van der Waals surface area contributed by atoms with E-state index >= 15 is 0 Å². The van der Waals surface area contributed by atoms with Crippen LogP contribution in [0, 0.1) is 12.7 Å². The van der Waals surface area contributed by atoms with E-state index in [9.17, 15) is 4.39 Å². The quantitative estimate of drug-likeness (QED) is 0.890. The van der Waals surface area contributed by atoms with Gasteiger partial charge < -0.3 is 5.11 Å². The molecule has 0 bridgehead atoms. The van der Waals surface area contributed by atoms with Gasteiger partial charge in [0.1, 0.15) is 5.82 Å². The van der Waals surface area contributed by atoms with Crippen LogP contribution in [0.2, 0.25) is 0 Å². The van der Waals surface area contributed by atoms with Crippen LogP contribution in [0.1, 0.15) is 21.1 Å². The highest BCUT2D eigenvalue weighted by atomic mass is 32.1. The Morgan fingerprint density at radius 3 is 2.75 bits per heavy atom. The van der Waals surface area contributed by atoms with Crippen molar-refractivity contribution in [2.24, 2.45) is 0 Å². The summed E-state index contributed by atoms with van der Waals surface area (Å²) < 4.78 is 13.4. The van der Waals surface area contributed by atoms with E-state index in [1.807, 2.05) is 13.0 Å². The van der Waals surface area contributed by atoms with Gasteiger partial charge in [-0.2, -0.15) is 0 Å². The van der Waals surface area contributed by atoms with Crippen molar-refractivity contribution in [2.75, 3.05) is 0 Å². The molecule has 0 aliphatic carbocycles. The van der Waals surface area contributed by atoms with E-state index in [1.54, 1.807) is 12.1 Å². The first-order valence-electron chi connectivity index (χ1n) is 5.00. The van der Waals surface area contributed by atoms with Gasteiger partial charge in [-0.1, -0.05) is 18.2 Å². The van der Waals surface area contributed by atoms with Gasteiger partial charge in [-0.25, -0.2) is 9.37 Å². The number of halogens is 1. The van der Waals surface area contributed by atoms with Crippen molar-refractivity contribution in [2.45, 2.75) is 20.0 Å². The Labute approximate surface area is 97.4 Å². The molecule has 1 N–H and O–H groups in total. The number of thiazole rings is 1. The van der Waals surface area contributed by atoms with Crippen LogP contribution in [0.3, 0.4) is 0 Å². The van der Waals surface area contributed by atoms with E-state index in [2.05, 4.69) is 4.98 Å². The third-order valence-electron chi connectivity index (χ3n) is 2.38. The summed E-state index contributed by atoms with van der Waals surface area (Å²) in [5.41, 5.74) is 1.47. The number of rotatable bonds is 3. The maximum absolute atomic E-state index is 13.4. The van der Waals surface area contributed by atoms with Gasteiger partial charge in [0, 0.05) is 6.42 Å². The van der Waals surface area contributed by atoms with Crippen LogP contribution in [-0.4, -0.2) is 10.1 Å². The maximum Gasteiger partial charge on any atom is 0.126 e. The second kappa shape index (κ2) is 4.72. The molecule has 0 aliphatic rings. The van der Waals surface area contributed by atoms with Crippen molar-refractivity contribution in [1.82, 2.24) is 4.98 Å². The Morgan fingerprint density at radius 2 is 2.12 bits per heavy atom. The lowest BCUT2D eigenvalue weighted by atomic mass is 10.1. The van der Waals surface area contributed by atoms with Gasteiger partial charge in [0.2, 0.25) is 0 Å². The molecule has 0 atom stereocenters. The van der Waals surface area contributed by atoms with Crippen LogP contribution in [-0.2, 0) is 13.0 Å². The average Bonchev–Trinajstić information content (AvgIpc) is 2.62. The Hall–Kier alpha value is -1.26. The third kappa shape index (κ3) is 2.28. The van der Waals surface area contributed by atoms with Crippen molar-refractivity contribution in [3.63, 3.8) is 0 Å². The predicted octanol–water partition coefficient (Wildman–Crippen LogP) is 2.67. The fraction of sp³-hybridized carbons (Fsp3) is 0.250. The summed E-state index contributed by atoms with van der Waals surface area (Å²) in [4.78, 5) is 5.16. The zero-order chi connectivity index (χ0) is 11.5. The van der Waals surface area contributed by atoms with Crippen molar-refractivity contribution in [1.29, 1.82) is 0 Å². The first kappa shape index (κ1) is 11.2. The van der Waals surface area contributed by atoms with Crippen molar-refractivity contribution >= 4 is 11.3 Å². The highest BCUT2D eigenvalue weighted by Gasteiger charge is 2.09. The molecule has 0 saturated heterocycles. The molecule has 4 heteroatoms. The first-order valence-corrected chi connectivity index (χ1v) is 5.82. The summed E-state index contributed by atoms with van der Waals surface area (Å²) in [5, 5.41) is 9.89. The molecule has 0 unspecified atom stereocenters. The van der Waals surface area contributed by atoms with E-state index < -0.39 is 0 Å². The smallest absolute Gasteiger partial charge is 0.126 e. The summed E-state index contributed by atoms with van der Waals surface area (Å²) in [7, 11) is 0. The van der Waals surface area contributed by atoms with Gasteiger partial charge >= 0.3 is 0 Å². The normalized spacial score (nSPS) is 10.7. The number of hydrogen-bond donors (Lipinski definition) is 1. The van der Waals surface area contributed by atoms with Gasteiger partial charge in [-0.05, 0) is 18.6 Å². The van der Waals surface area contributed by atoms with Gasteiger partial charge in [0.05, 0.1) is 22.2 Å². The van der Waals surface area contributed by atoms with Crippen molar-refractivity contribution in [3.8, 4) is 0 Å². The molecule has 0 radical (unpaired) electrons. The second-order valence-corrected chi connectivity index (χ2v) is 4.71. The average molecular weight is 237 g/mol. The van der Waals surface area contributed by atoms with Gasteiger partial charge in [0.25, 0.3) is 0 Å². The van der Waals surface area contributed by atoms with Crippen LogP contribution in [0.5, 0.6) is 0 Å². The Kier molecular flexibility index (Phi) is 3.31. The Morgan fingerprint density at radius 1 is 1.38 bits per heavy atom. The lowest BCUT2D eigenvalue weighted by molar-refractivity contribution is 0.284. The minimum absolute atomic E-state index is 0.000766. The van der Waals surface area contributed by atoms with Gasteiger partial charge in [-0.3, -0.25) is 0 Å². The molecule has 84 valence electrons. The molecule has 2 rings (SSSR count). The Bertz CT molecular complexity index is 496. The largest absolute Gasteiger partial charge is 0.391 e. The zero-order valence-electron chi connectivity index (χ0n) is 8.90. The number of aliphatic hydroxyl groups excluding tert-OH is 1. The first-order chi connectivity index (χ1) is 7.70. The highest BCUT2D eigenvalue weighted by Crippen LogP contribution is 2.21. The molecule has 0 saturated carbocycles. The van der Waals surface area contributed by atoms with Crippen LogP contribution in [0.4, 0.5) is 4.39 Å². The minimum atomic E-state index is -0.207. The lowest BCUT2D eigenvalue weighted by Crippen LogP contribution is -1.91. The summed E-state index contributed by atoms with van der Waals surface area (Å²) in [5.74, 6) is -0.207. The van der Waals surface area contributed by atoms with Crippen LogP contribution >= 0.6 is 11.3 Å². The molecular weight excluding hydrogens is 225 g/mol. The third-order valence-corrected chi connectivity index (χ3v) is 3.52. The molecule has 2 nitrogen and oxygen atoms in total. The van der Waals surface area contributed by atoms with Crippen LogP contribution in [0.25, 0.3) is 0 Å². The van der Waals surface area contributed by atoms with Crippen molar-refractivity contribution < 1.29 is 9.50 Å². The molecule has 0 aliphatic heterocycles. The summed E-state index contributed by atoms with van der Waals surface area (Å²) in [6.07, 6.45) is 0.484. The fourth-order valence-corrected chi connectivity index (χ4v) is 2.47.